The van der Waals surface area contributed by atoms with Crippen molar-refractivity contribution in [3.05, 3.63) is 42.2 Å². The first kappa shape index (κ1) is 21.6. The first-order valence-corrected chi connectivity index (χ1v) is 12.4. The van der Waals surface area contributed by atoms with Crippen molar-refractivity contribution in [2.24, 2.45) is 39.5 Å². The molecule has 1 aromatic heterocycles. The molecule has 3 aliphatic carbocycles. The Hall–Kier alpha value is -2.21. The lowest BCUT2D eigenvalue weighted by Crippen LogP contribution is -2.59. The maximum absolute atomic E-state index is 13.4. The molecule has 0 unspecified atom stereocenters. The van der Waals surface area contributed by atoms with Crippen LogP contribution in [0.4, 0.5) is 0 Å². The Morgan fingerprint density at radius 2 is 1.62 bits per heavy atom. The number of rotatable bonds is 10. The standard InChI is InChI=1S/C26H36N4O2/c27-22(31)25(11-2-4-16-30-17-5-6-18-30)20-8-9-21(24(20)13-14-24)26(25,23(28)32)12-10-19-7-1-3-15-29-19/h1,3,7-9,15,20-21H,2,4-6,10-14,16-18H2,(H2,27,31)(H2,28,32)/t20-,21+,25+,26+/m1/s1. The number of hydrogen-bond donors (Lipinski definition) is 2. The maximum atomic E-state index is 13.4. The fourth-order valence-electron chi connectivity index (χ4n) is 7.80. The number of aryl methyl sites for hydroxylation is 1. The third-order valence-electron chi connectivity index (χ3n) is 9.30. The van der Waals surface area contributed by atoms with Gasteiger partial charge in [0.15, 0.2) is 0 Å². The van der Waals surface area contributed by atoms with Gasteiger partial charge in [-0.15, -0.1) is 0 Å². The van der Waals surface area contributed by atoms with Gasteiger partial charge in [0, 0.05) is 11.9 Å². The predicted octanol–water partition coefficient (Wildman–Crippen LogP) is 2.82. The summed E-state index contributed by atoms with van der Waals surface area (Å²) in [5, 5.41) is 0. The number of carbonyl (C=O) groups is 2. The Labute approximate surface area is 190 Å². The number of nitrogens with zero attached hydrogens (tertiary/aromatic N) is 2. The van der Waals surface area contributed by atoms with E-state index >= 15 is 0 Å². The molecule has 2 saturated carbocycles. The highest BCUT2D eigenvalue weighted by molar-refractivity contribution is 5.95. The van der Waals surface area contributed by atoms with E-state index in [4.69, 9.17) is 11.5 Å². The SMILES string of the molecule is NC(=O)[C@]1(CCCCN2CCCC2)[C@@H]2C=C[C@@H](C23CC3)[C@@]1(CCc1ccccn1)C(N)=O. The smallest absolute Gasteiger partial charge is 0.225 e. The van der Waals surface area contributed by atoms with Crippen molar-refractivity contribution in [3.8, 4) is 0 Å². The molecule has 2 bridgehead atoms. The molecule has 1 aliphatic heterocycles. The fraction of sp³-hybridized carbons (Fsp3) is 0.654. The molecule has 1 spiro atoms. The van der Waals surface area contributed by atoms with E-state index in [1.807, 2.05) is 18.2 Å². The Morgan fingerprint density at radius 1 is 0.969 bits per heavy atom. The number of likely N-dealkylation sites (tertiary alicyclic amines) is 1. The predicted molar refractivity (Wildman–Crippen MR) is 123 cm³/mol. The second-order valence-corrected chi connectivity index (χ2v) is 10.6. The minimum Gasteiger partial charge on any atom is -0.369 e. The molecule has 6 nitrogen and oxygen atoms in total. The van der Waals surface area contributed by atoms with Gasteiger partial charge in [-0.1, -0.05) is 24.6 Å². The van der Waals surface area contributed by atoms with Crippen molar-refractivity contribution in [2.45, 2.75) is 57.8 Å². The van der Waals surface area contributed by atoms with Crippen LogP contribution in [-0.2, 0) is 16.0 Å². The minimum atomic E-state index is -0.931. The van der Waals surface area contributed by atoms with Gasteiger partial charge in [-0.3, -0.25) is 14.6 Å². The average Bonchev–Trinajstić information content (AvgIpc) is 3.15. The summed E-state index contributed by atoms with van der Waals surface area (Å²) in [4.78, 5) is 33.7. The Kier molecular flexibility index (Phi) is 5.39. The highest BCUT2D eigenvalue weighted by Crippen LogP contribution is 2.81. The van der Waals surface area contributed by atoms with E-state index in [2.05, 4.69) is 22.0 Å². The zero-order valence-corrected chi connectivity index (χ0v) is 19.0. The molecule has 4 aliphatic rings. The molecule has 3 fully saturated rings. The average molecular weight is 437 g/mol. The molecule has 4 atom stereocenters. The van der Waals surface area contributed by atoms with Crippen LogP contribution < -0.4 is 11.5 Å². The molecular formula is C26H36N4O2. The van der Waals surface area contributed by atoms with E-state index in [1.54, 1.807) is 6.20 Å². The van der Waals surface area contributed by atoms with Gasteiger partial charge in [0.1, 0.15) is 0 Å². The van der Waals surface area contributed by atoms with Gasteiger partial charge >= 0.3 is 0 Å². The summed E-state index contributed by atoms with van der Waals surface area (Å²) in [6, 6.07) is 5.83. The molecule has 4 N–H and O–H groups in total. The fourth-order valence-corrected chi connectivity index (χ4v) is 7.80. The number of aromatic nitrogens is 1. The molecule has 2 amide bonds. The topological polar surface area (TPSA) is 102 Å². The van der Waals surface area contributed by atoms with Crippen LogP contribution in [0, 0.1) is 28.1 Å². The Bertz CT molecular complexity index is 906. The van der Waals surface area contributed by atoms with E-state index in [1.165, 1.54) is 25.9 Å². The van der Waals surface area contributed by atoms with E-state index in [-0.39, 0.29) is 29.1 Å². The highest BCUT2D eigenvalue weighted by atomic mass is 16.2. The van der Waals surface area contributed by atoms with Crippen LogP contribution >= 0.6 is 0 Å². The molecule has 0 radical (unpaired) electrons. The van der Waals surface area contributed by atoms with Crippen LogP contribution in [0.1, 0.15) is 57.1 Å². The molecular weight excluding hydrogens is 400 g/mol. The summed E-state index contributed by atoms with van der Waals surface area (Å²) in [7, 11) is 0. The van der Waals surface area contributed by atoms with E-state index in [0.29, 0.717) is 19.3 Å². The van der Waals surface area contributed by atoms with Crippen molar-refractivity contribution in [1.82, 2.24) is 9.88 Å². The van der Waals surface area contributed by atoms with Gasteiger partial charge in [0.25, 0.3) is 0 Å². The van der Waals surface area contributed by atoms with Crippen molar-refractivity contribution >= 4 is 11.8 Å². The lowest BCUT2D eigenvalue weighted by Gasteiger charge is -2.48. The highest BCUT2D eigenvalue weighted by Gasteiger charge is 2.81. The van der Waals surface area contributed by atoms with Gasteiger partial charge in [-0.05, 0) is 100 Å². The zero-order valence-electron chi connectivity index (χ0n) is 19.0. The molecule has 2 heterocycles. The second kappa shape index (κ2) is 7.98. The van der Waals surface area contributed by atoms with Crippen molar-refractivity contribution in [2.75, 3.05) is 19.6 Å². The van der Waals surface area contributed by atoms with Gasteiger partial charge in [-0.2, -0.15) is 0 Å². The number of pyridine rings is 1. The molecule has 32 heavy (non-hydrogen) atoms. The second-order valence-electron chi connectivity index (χ2n) is 10.6. The van der Waals surface area contributed by atoms with Crippen molar-refractivity contribution in [3.63, 3.8) is 0 Å². The van der Waals surface area contributed by atoms with E-state index in [9.17, 15) is 9.59 Å². The number of nitrogens with two attached hydrogens (primary N) is 2. The number of allylic oxidation sites excluding steroid dienone is 2. The molecule has 172 valence electrons. The molecule has 5 rings (SSSR count). The summed E-state index contributed by atoms with van der Waals surface area (Å²) in [6.45, 7) is 3.40. The summed E-state index contributed by atoms with van der Waals surface area (Å²) in [5.74, 6) is -0.649. The van der Waals surface area contributed by atoms with Gasteiger partial charge in [-0.25, -0.2) is 0 Å². The van der Waals surface area contributed by atoms with E-state index < -0.39 is 10.8 Å². The van der Waals surface area contributed by atoms with Crippen LogP contribution in [0.15, 0.2) is 36.5 Å². The lowest BCUT2D eigenvalue weighted by molar-refractivity contribution is -0.152. The molecule has 6 heteroatoms. The van der Waals surface area contributed by atoms with Gasteiger partial charge in [0.2, 0.25) is 11.8 Å². The van der Waals surface area contributed by atoms with Crippen LogP contribution in [0.5, 0.6) is 0 Å². The molecule has 1 saturated heterocycles. The summed E-state index contributed by atoms with van der Waals surface area (Å²) in [6.07, 6.45) is 14.5. The maximum Gasteiger partial charge on any atom is 0.225 e. The van der Waals surface area contributed by atoms with Gasteiger partial charge < -0.3 is 16.4 Å². The number of amides is 2. The number of hydrogen-bond acceptors (Lipinski definition) is 4. The van der Waals surface area contributed by atoms with E-state index in [0.717, 1.165) is 37.9 Å². The molecule has 1 aromatic rings. The van der Waals surface area contributed by atoms with Gasteiger partial charge in [0.05, 0.1) is 10.8 Å². The van der Waals surface area contributed by atoms with Crippen LogP contribution in [0.2, 0.25) is 0 Å². The third-order valence-corrected chi connectivity index (χ3v) is 9.30. The summed E-state index contributed by atoms with van der Waals surface area (Å²) in [5.41, 5.74) is 11.6. The van der Waals surface area contributed by atoms with Crippen molar-refractivity contribution < 1.29 is 9.59 Å². The van der Waals surface area contributed by atoms with Crippen LogP contribution in [0.25, 0.3) is 0 Å². The Morgan fingerprint density at radius 3 is 2.19 bits per heavy atom. The zero-order chi connectivity index (χ0) is 22.4. The lowest BCUT2D eigenvalue weighted by atomic mass is 9.53. The summed E-state index contributed by atoms with van der Waals surface area (Å²) >= 11 is 0. The van der Waals surface area contributed by atoms with Crippen LogP contribution in [0.3, 0.4) is 0 Å². The largest absolute Gasteiger partial charge is 0.369 e. The first-order chi connectivity index (χ1) is 15.5. The number of primary amides is 2. The van der Waals surface area contributed by atoms with Crippen LogP contribution in [-0.4, -0.2) is 41.3 Å². The third kappa shape index (κ3) is 2.98. The van der Waals surface area contributed by atoms with Crippen molar-refractivity contribution in [1.29, 1.82) is 0 Å². The quantitative estimate of drug-likeness (QED) is 0.435. The number of carbonyl (C=O) groups excluding carboxylic acids is 2. The summed E-state index contributed by atoms with van der Waals surface area (Å²) < 4.78 is 0. The molecule has 0 aromatic carbocycles. The Balaban J connectivity index is 1.46. The normalized spacial score (nSPS) is 34.4. The number of unbranched alkanes of at least 4 members (excludes halogenated alkanes) is 1. The minimum absolute atomic E-state index is 0.00310. The monoisotopic (exact) mass is 436 g/mol. The first-order valence-electron chi connectivity index (χ1n) is 12.4.